The van der Waals surface area contributed by atoms with Gasteiger partial charge in [0.05, 0.1) is 25.3 Å². The second-order valence-corrected chi connectivity index (χ2v) is 14.5. The topological polar surface area (TPSA) is 159 Å². The maximum Gasteiger partial charge on any atom is 0.326 e. The number of amides is 2. The van der Waals surface area contributed by atoms with E-state index in [9.17, 15) is 30.3 Å². The van der Waals surface area contributed by atoms with Gasteiger partial charge in [-0.3, -0.25) is 14.9 Å². The van der Waals surface area contributed by atoms with Gasteiger partial charge < -0.3 is 35.2 Å². The quantitative estimate of drug-likeness (QED) is 0.195. The molecule has 3 aromatic rings. The normalized spacial score (nSPS) is 21.9. The second-order valence-electron chi connectivity index (χ2n) is 13.6. The van der Waals surface area contributed by atoms with Crippen molar-refractivity contribution in [3.63, 3.8) is 0 Å². The molecule has 0 bridgehead atoms. The van der Waals surface area contributed by atoms with Crippen LogP contribution in [0.4, 0.5) is 4.79 Å². The third kappa shape index (κ3) is 7.44. The van der Waals surface area contributed by atoms with Gasteiger partial charge >= 0.3 is 6.03 Å². The lowest BCUT2D eigenvalue weighted by atomic mass is 9.71. The summed E-state index contributed by atoms with van der Waals surface area (Å²) >= 11 is 12.6. The van der Waals surface area contributed by atoms with Crippen LogP contribution in [0.5, 0.6) is 5.75 Å². The number of aliphatic hydroxyl groups excluding tert-OH is 5. The standard InChI is InChI=1S/C36H46Cl2N4O7/c1-8-49-28-17-29(34(2,3)4)39-18-25(28)32-40-35(5,21-9-13-23(37)14-10-21)36(6,22-11-15-24(38)16-12-22)42(32)33(48)41(7)19-26(44)30(46)31(47)27(45)20-43/h9-18,26-27,30-31,43-47H,8,19-20H2,1-7H3/t26-,27+,30+,31+,35-,36+/m0/s1. The SMILES string of the molecule is CCOc1cc(C(C)(C)C)ncc1C1=N[C@@](C)(c2ccc(Cl)cc2)[C@@](C)(c2ccc(Cl)cc2)N1C(=O)N(C)C[C@H](O)[C@@H](O)[C@H](O)[C@H](O)CO. The Bertz CT molecular complexity index is 1650. The molecule has 0 aliphatic carbocycles. The molecule has 2 heterocycles. The Morgan fingerprint density at radius 3 is 1.98 bits per heavy atom. The average Bonchev–Trinajstić information content (AvgIpc) is 3.31. The highest BCUT2D eigenvalue weighted by atomic mass is 35.5. The summed E-state index contributed by atoms with van der Waals surface area (Å²) in [6.07, 6.45) is -5.47. The third-order valence-corrected chi connectivity index (χ3v) is 9.73. The highest BCUT2D eigenvalue weighted by Crippen LogP contribution is 2.54. The molecule has 266 valence electrons. The van der Waals surface area contributed by atoms with Crippen molar-refractivity contribution < 1.29 is 35.1 Å². The predicted molar refractivity (Wildman–Crippen MR) is 189 cm³/mol. The van der Waals surface area contributed by atoms with Gasteiger partial charge in [-0.1, -0.05) is 68.2 Å². The van der Waals surface area contributed by atoms with E-state index in [1.807, 2.05) is 71.9 Å². The minimum Gasteiger partial charge on any atom is -0.493 e. The van der Waals surface area contributed by atoms with Crippen LogP contribution < -0.4 is 4.74 Å². The molecule has 6 atom stereocenters. The zero-order chi connectivity index (χ0) is 36.5. The smallest absolute Gasteiger partial charge is 0.326 e. The molecule has 5 N–H and O–H groups in total. The molecule has 11 nitrogen and oxygen atoms in total. The number of rotatable bonds is 11. The Hall–Kier alpha value is -3.29. The molecule has 4 rings (SSSR count). The summed E-state index contributed by atoms with van der Waals surface area (Å²) in [6.45, 7) is 10.8. The Morgan fingerprint density at radius 1 is 0.939 bits per heavy atom. The Labute approximate surface area is 297 Å². The number of hydrogen-bond donors (Lipinski definition) is 5. The fraction of sp³-hybridized carbons (Fsp3) is 0.472. The molecule has 49 heavy (non-hydrogen) atoms. The summed E-state index contributed by atoms with van der Waals surface area (Å²) in [7, 11) is 1.44. The summed E-state index contributed by atoms with van der Waals surface area (Å²) in [5.41, 5.74) is -0.0465. The number of amidine groups is 1. The number of carbonyl (C=O) groups is 1. The zero-order valence-electron chi connectivity index (χ0n) is 28.8. The fourth-order valence-corrected chi connectivity index (χ4v) is 6.31. The number of aromatic nitrogens is 1. The molecule has 0 radical (unpaired) electrons. The van der Waals surface area contributed by atoms with Crippen molar-refractivity contribution in [2.45, 2.75) is 82.5 Å². The maximum absolute atomic E-state index is 14.9. The van der Waals surface area contributed by atoms with Crippen LogP contribution >= 0.6 is 23.2 Å². The van der Waals surface area contributed by atoms with Crippen LogP contribution in [0.25, 0.3) is 0 Å². The van der Waals surface area contributed by atoms with Gasteiger partial charge in [0.2, 0.25) is 0 Å². The monoisotopic (exact) mass is 716 g/mol. The number of ether oxygens (including phenoxy) is 1. The molecule has 0 spiro atoms. The van der Waals surface area contributed by atoms with Gasteiger partial charge in [-0.15, -0.1) is 0 Å². The Morgan fingerprint density at radius 2 is 1.47 bits per heavy atom. The summed E-state index contributed by atoms with van der Waals surface area (Å²) in [5.74, 6) is 0.714. The van der Waals surface area contributed by atoms with E-state index in [1.165, 1.54) is 16.8 Å². The van der Waals surface area contributed by atoms with Crippen LogP contribution in [0, 0.1) is 0 Å². The van der Waals surface area contributed by atoms with Crippen molar-refractivity contribution in [1.29, 1.82) is 0 Å². The summed E-state index contributed by atoms with van der Waals surface area (Å²) in [5, 5.41) is 51.8. The minimum absolute atomic E-state index is 0.244. The lowest BCUT2D eigenvalue weighted by Crippen LogP contribution is -2.59. The van der Waals surface area contributed by atoms with Crippen molar-refractivity contribution in [2.24, 2.45) is 4.99 Å². The summed E-state index contributed by atoms with van der Waals surface area (Å²) in [4.78, 5) is 27.7. The number of halogens is 2. The first-order valence-corrected chi connectivity index (χ1v) is 16.8. The van der Waals surface area contributed by atoms with E-state index in [-0.39, 0.29) is 11.3 Å². The van der Waals surface area contributed by atoms with Crippen molar-refractivity contribution in [2.75, 3.05) is 26.8 Å². The number of benzene rings is 2. The zero-order valence-corrected chi connectivity index (χ0v) is 30.3. The van der Waals surface area contributed by atoms with Gasteiger partial charge in [0, 0.05) is 40.5 Å². The molecule has 2 amide bonds. The second kappa shape index (κ2) is 14.9. The van der Waals surface area contributed by atoms with Crippen molar-refractivity contribution in [3.8, 4) is 5.75 Å². The number of aliphatic hydroxyl groups is 5. The largest absolute Gasteiger partial charge is 0.493 e. The van der Waals surface area contributed by atoms with E-state index < -0.39 is 54.7 Å². The molecule has 0 saturated heterocycles. The van der Waals surface area contributed by atoms with Gasteiger partial charge in [-0.25, -0.2) is 4.79 Å². The lowest BCUT2D eigenvalue weighted by molar-refractivity contribution is -0.117. The lowest BCUT2D eigenvalue weighted by Gasteiger charge is -2.46. The van der Waals surface area contributed by atoms with Crippen LogP contribution in [0.1, 0.15) is 63.9 Å². The minimum atomic E-state index is -1.87. The highest BCUT2D eigenvalue weighted by Gasteiger charge is 2.60. The van der Waals surface area contributed by atoms with Gasteiger partial charge in [0.25, 0.3) is 0 Å². The molecular formula is C36H46Cl2N4O7. The van der Waals surface area contributed by atoms with Crippen molar-refractivity contribution in [1.82, 2.24) is 14.8 Å². The van der Waals surface area contributed by atoms with E-state index in [2.05, 4.69) is 0 Å². The molecule has 1 aliphatic rings. The van der Waals surface area contributed by atoms with Gasteiger partial charge in [-0.2, -0.15) is 0 Å². The molecule has 0 unspecified atom stereocenters. The summed E-state index contributed by atoms with van der Waals surface area (Å²) in [6, 6.07) is 15.6. The first-order chi connectivity index (χ1) is 22.9. The molecule has 13 heteroatoms. The number of hydrogen-bond acceptors (Lipinski definition) is 9. The van der Waals surface area contributed by atoms with Crippen molar-refractivity contribution in [3.05, 3.63) is 93.2 Å². The number of pyridine rings is 1. The van der Waals surface area contributed by atoms with Gasteiger partial charge in [-0.05, 0) is 56.2 Å². The number of nitrogens with zero attached hydrogens (tertiary/aromatic N) is 4. The van der Waals surface area contributed by atoms with Crippen LogP contribution in [-0.2, 0) is 16.5 Å². The van der Waals surface area contributed by atoms with Gasteiger partial charge in [0.1, 0.15) is 47.1 Å². The summed E-state index contributed by atoms with van der Waals surface area (Å²) < 4.78 is 6.16. The number of carbonyl (C=O) groups excluding carboxylic acids is 1. The predicted octanol–water partition coefficient (Wildman–Crippen LogP) is 4.47. The van der Waals surface area contributed by atoms with E-state index in [1.54, 1.807) is 30.5 Å². The Kier molecular flexibility index (Phi) is 11.7. The highest BCUT2D eigenvalue weighted by molar-refractivity contribution is 6.30. The third-order valence-electron chi connectivity index (χ3n) is 9.23. The number of aliphatic imine (C=N–C) groups is 1. The first kappa shape index (κ1) is 38.5. The number of likely N-dealkylation sites (N-methyl/N-ethyl adjacent to an activating group) is 1. The van der Waals surface area contributed by atoms with Crippen LogP contribution in [0.15, 0.2) is 65.8 Å². The van der Waals surface area contributed by atoms with Crippen molar-refractivity contribution >= 4 is 35.1 Å². The molecule has 0 fully saturated rings. The molecule has 2 aromatic carbocycles. The van der Waals surface area contributed by atoms with Crippen LogP contribution in [0.3, 0.4) is 0 Å². The van der Waals surface area contributed by atoms with E-state index in [0.29, 0.717) is 33.5 Å². The first-order valence-electron chi connectivity index (χ1n) is 16.0. The van der Waals surface area contributed by atoms with Crippen LogP contribution in [-0.4, -0.2) is 103 Å². The Balaban J connectivity index is 1.97. The van der Waals surface area contributed by atoms with E-state index in [4.69, 9.17) is 37.9 Å². The molecule has 1 aliphatic heterocycles. The number of urea groups is 1. The average molecular weight is 718 g/mol. The molecule has 1 aromatic heterocycles. The van der Waals surface area contributed by atoms with Crippen LogP contribution in [0.2, 0.25) is 10.0 Å². The fourth-order valence-electron chi connectivity index (χ4n) is 6.06. The van der Waals surface area contributed by atoms with Gasteiger partial charge in [0.15, 0.2) is 0 Å². The van der Waals surface area contributed by atoms with E-state index in [0.717, 1.165) is 11.3 Å². The molecule has 0 saturated carbocycles. The molecular weight excluding hydrogens is 671 g/mol. The maximum atomic E-state index is 14.9. The van der Waals surface area contributed by atoms with E-state index >= 15 is 0 Å².